The Kier molecular flexibility index (Phi) is 4.32. The van der Waals surface area contributed by atoms with Crippen LogP contribution in [0.15, 0.2) is 34.7 Å². The highest BCUT2D eigenvalue weighted by molar-refractivity contribution is 5.59. The highest BCUT2D eigenvalue weighted by Gasteiger charge is 2.16. The Hall–Kier alpha value is -1.68. The molecule has 0 amide bonds. The summed E-state index contributed by atoms with van der Waals surface area (Å²) in [6, 6.07) is 7.14. The third-order valence-electron chi connectivity index (χ3n) is 2.96. The first-order chi connectivity index (χ1) is 9.13. The van der Waals surface area contributed by atoms with E-state index in [1.165, 1.54) is 18.2 Å². The van der Waals surface area contributed by atoms with E-state index in [0.29, 0.717) is 5.76 Å². The molecule has 1 aromatic heterocycles. The summed E-state index contributed by atoms with van der Waals surface area (Å²) < 4.78 is 32.8. The van der Waals surface area contributed by atoms with E-state index in [1.54, 1.807) is 12.1 Å². The van der Waals surface area contributed by atoms with Crippen LogP contribution in [-0.4, -0.2) is 6.54 Å². The van der Waals surface area contributed by atoms with E-state index in [-0.39, 0.29) is 17.4 Å². The highest BCUT2D eigenvalue weighted by atomic mass is 19.1. The molecular formula is C15H17F2NO. The molecule has 4 heteroatoms. The van der Waals surface area contributed by atoms with Crippen LogP contribution in [0.25, 0.3) is 11.3 Å². The lowest BCUT2D eigenvalue weighted by Gasteiger charge is -2.10. The largest absolute Gasteiger partial charge is 0.459 e. The van der Waals surface area contributed by atoms with Crippen LogP contribution in [0.3, 0.4) is 0 Å². The van der Waals surface area contributed by atoms with Crippen molar-refractivity contribution >= 4 is 0 Å². The summed E-state index contributed by atoms with van der Waals surface area (Å²) in [4.78, 5) is 0. The lowest BCUT2D eigenvalue weighted by Crippen LogP contribution is -2.18. The number of nitrogens with one attached hydrogen (secondary N) is 1. The van der Waals surface area contributed by atoms with E-state index in [0.717, 1.165) is 13.0 Å². The van der Waals surface area contributed by atoms with E-state index in [1.807, 2.05) is 6.92 Å². The third kappa shape index (κ3) is 3.01. The Morgan fingerprint density at radius 2 is 1.84 bits per heavy atom. The molecule has 102 valence electrons. The zero-order chi connectivity index (χ0) is 13.8. The molecule has 1 atom stereocenters. The zero-order valence-electron chi connectivity index (χ0n) is 11.0. The monoisotopic (exact) mass is 265 g/mol. The van der Waals surface area contributed by atoms with Gasteiger partial charge in [0.15, 0.2) is 0 Å². The molecule has 0 bridgehead atoms. The Morgan fingerprint density at radius 3 is 2.47 bits per heavy atom. The maximum absolute atomic E-state index is 13.6. The molecule has 2 rings (SSSR count). The first-order valence-electron chi connectivity index (χ1n) is 6.41. The predicted molar refractivity (Wildman–Crippen MR) is 70.8 cm³/mol. The van der Waals surface area contributed by atoms with Crippen molar-refractivity contribution in [2.45, 2.75) is 26.3 Å². The molecule has 2 nitrogen and oxygen atoms in total. The minimum absolute atomic E-state index is 0.0172. The minimum atomic E-state index is -0.616. The van der Waals surface area contributed by atoms with Gasteiger partial charge in [-0.3, -0.25) is 0 Å². The van der Waals surface area contributed by atoms with Crippen LogP contribution in [0, 0.1) is 11.6 Å². The summed E-state index contributed by atoms with van der Waals surface area (Å²) in [5.41, 5.74) is -0.114. The minimum Gasteiger partial charge on any atom is -0.459 e. The van der Waals surface area contributed by atoms with Crippen molar-refractivity contribution in [3.05, 3.63) is 47.7 Å². The summed E-state index contributed by atoms with van der Waals surface area (Å²) in [5, 5.41) is 3.26. The van der Waals surface area contributed by atoms with Crippen LogP contribution in [0.2, 0.25) is 0 Å². The third-order valence-corrected chi connectivity index (χ3v) is 2.96. The smallest absolute Gasteiger partial charge is 0.140 e. The fourth-order valence-corrected chi connectivity index (χ4v) is 1.91. The van der Waals surface area contributed by atoms with Crippen LogP contribution < -0.4 is 5.32 Å². The standard InChI is InChI=1S/C15H17F2NO/c1-3-9-18-10(2)13-7-8-14(19-13)15-11(16)5-4-6-12(15)17/h4-8,10,18H,3,9H2,1-2H3. The van der Waals surface area contributed by atoms with Crippen LogP contribution >= 0.6 is 0 Å². The molecule has 0 aliphatic heterocycles. The van der Waals surface area contributed by atoms with Crippen molar-refractivity contribution in [1.29, 1.82) is 0 Å². The van der Waals surface area contributed by atoms with Gasteiger partial charge >= 0.3 is 0 Å². The molecule has 0 fully saturated rings. The van der Waals surface area contributed by atoms with Gasteiger partial charge in [0, 0.05) is 0 Å². The molecule has 0 radical (unpaired) electrons. The second-order valence-corrected chi connectivity index (χ2v) is 4.47. The van der Waals surface area contributed by atoms with E-state index in [9.17, 15) is 8.78 Å². The number of benzene rings is 1. The average molecular weight is 265 g/mol. The normalized spacial score (nSPS) is 12.6. The molecule has 1 unspecified atom stereocenters. The van der Waals surface area contributed by atoms with Crippen molar-refractivity contribution in [2.24, 2.45) is 0 Å². The molecule has 19 heavy (non-hydrogen) atoms. The van der Waals surface area contributed by atoms with E-state index < -0.39 is 11.6 Å². The van der Waals surface area contributed by atoms with Crippen LogP contribution in [0.5, 0.6) is 0 Å². The van der Waals surface area contributed by atoms with Crippen molar-refractivity contribution in [2.75, 3.05) is 6.54 Å². The highest BCUT2D eigenvalue weighted by Crippen LogP contribution is 2.29. The first kappa shape index (κ1) is 13.7. The molecule has 2 aromatic rings. The Balaban J connectivity index is 2.26. The Labute approximate surface area is 111 Å². The van der Waals surface area contributed by atoms with Crippen molar-refractivity contribution in [3.8, 4) is 11.3 Å². The van der Waals surface area contributed by atoms with Gasteiger partial charge in [-0.15, -0.1) is 0 Å². The second-order valence-electron chi connectivity index (χ2n) is 4.47. The fraction of sp³-hybridized carbons (Fsp3) is 0.333. The van der Waals surface area contributed by atoms with Gasteiger partial charge in [0.25, 0.3) is 0 Å². The molecule has 1 aromatic carbocycles. The van der Waals surface area contributed by atoms with E-state index in [4.69, 9.17) is 4.42 Å². The molecule has 0 aliphatic carbocycles. The van der Waals surface area contributed by atoms with E-state index in [2.05, 4.69) is 12.2 Å². The first-order valence-corrected chi connectivity index (χ1v) is 6.41. The average Bonchev–Trinajstić information content (AvgIpc) is 2.85. The number of halogens is 2. The quantitative estimate of drug-likeness (QED) is 0.872. The van der Waals surface area contributed by atoms with Gasteiger partial charge in [-0.25, -0.2) is 8.78 Å². The maximum atomic E-state index is 13.6. The second kappa shape index (κ2) is 5.97. The van der Waals surface area contributed by atoms with Gasteiger partial charge in [0.2, 0.25) is 0 Å². The van der Waals surface area contributed by atoms with Gasteiger partial charge in [-0.05, 0) is 44.2 Å². The van der Waals surface area contributed by atoms with Crippen LogP contribution in [0.4, 0.5) is 8.78 Å². The van der Waals surface area contributed by atoms with Crippen LogP contribution in [-0.2, 0) is 0 Å². The van der Waals surface area contributed by atoms with Crippen molar-refractivity contribution < 1.29 is 13.2 Å². The van der Waals surface area contributed by atoms with Gasteiger partial charge in [0.05, 0.1) is 11.6 Å². The Morgan fingerprint density at radius 1 is 1.16 bits per heavy atom. The molecule has 0 spiro atoms. The molecule has 1 heterocycles. The Bertz CT molecular complexity index is 531. The number of hydrogen-bond acceptors (Lipinski definition) is 2. The summed E-state index contributed by atoms with van der Waals surface area (Å²) in [6.07, 6.45) is 1.01. The molecule has 1 N–H and O–H groups in total. The molecular weight excluding hydrogens is 248 g/mol. The van der Waals surface area contributed by atoms with Crippen molar-refractivity contribution in [3.63, 3.8) is 0 Å². The van der Waals surface area contributed by atoms with Gasteiger partial charge in [-0.1, -0.05) is 13.0 Å². The summed E-state index contributed by atoms with van der Waals surface area (Å²) in [5.74, 6) is -0.341. The molecule has 0 saturated carbocycles. The van der Waals surface area contributed by atoms with Gasteiger partial charge in [0.1, 0.15) is 23.2 Å². The van der Waals surface area contributed by atoms with Gasteiger partial charge < -0.3 is 9.73 Å². The maximum Gasteiger partial charge on any atom is 0.140 e. The molecule has 0 aliphatic rings. The molecule has 0 saturated heterocycles. The number of hydrogen-bond donors (Lipinski definition) is 1. The zero-order valence-corrected chi connectivity index (χ0v) is 11.0. The lowest BCUT2D eigenvalue weighted by atomic mass is 10.1. The van der Waals surface area contributed by atoms with E-state index >= 15 is 0 Å². The summed E-state index contributed by atoms with van der Waals surface area (Å²) in [6.45, 7) is 4.89. The predicted octanol–water partition coefficient (Wildman–Crippen LogP) is 4.29. The number of rotatable bonds is 5. The van der Waals surface area contributed by atoms with Gasteiger partial charge in [-0.2, -0.15) is 0 Å². The van der Waals surface area contributed by atoms with Crippen molar-refractivity contribution in [1.82, 2.24) is 5.32 Å². The topological polar surface area (TPSA) is 25.2 Å². The fourth-order valence-electron chi connectivity index (χ4n) is 1.91. The SMILES string of the molecule is CCCNC(C)c1ccc(-c2c(F)cccc2F)o1. The lowest BCUT2D eigenvalue weighted by molar-refractivity contribution is 0.435. The number of furan rings is 1. The van der Waals surface area contributed by atoms with Crippen LogP contribution in [0.1, 0.15) is 32.1 Å². The summed E-state index contributed by atoms with van der Waals surface area (Å²) >= 11 is 0. The summed E-state index contributed by atoms with van der Waals surface area (Å²) in [7, 11) is 0.